The van der Waals surface area contributed by atoms with E-state index >= 15 is 0 Å². The van der Waals surface area contributed by atoms with Crippen molar-refractivity contribution in [3.63, 3.8) is 0 Å². The molecule has 9 heteroatoms. The van der Waals surface area contributed by atoms with Gasteiger partial charge in [0.15, 0.2) is 17.3 Å². The van der Waals surface area contributed by atoms with Gasteiger partial charge in [0.2, 0.25) is 5.95 Å². The largest absolute Gasteiger partial charge is 0.492 e. The van der Waals surface area contributed by atoms with Crippen molar-refractivity contribution in [3.05, 3.63) is 39.5 Å². The van der Waals surface area contributed by atoms with Crippen LogP contribution < -0.4 is 14.8 Å². The molecular formula is C18H20BrN5O3. The highest BCUT2D eigenvalue weighted by Crippen LogP contribution is 2.37. The van der Waals surface area contributed by atoms with E-state index in [0.29, 0.717) is 29.6 Å². The van der Waals surface area contributed by atoms with E-state index in [0.717, 1.165) is 15.7 Å². The Kier molecular flexibility index (Phi) is 5.59. The van der Waals surface area contributed by atoms with Crippen molar-refractivity contribution < 1.29 is 14.3 Å². The quantitative estimate of drug-likeness (QED) is 0.697. The van der Waals surface area contributed by atoms with E-state index in [-0.39, 0.29) is 11.8 Å². The van der Waals surface area contributed by atoms with E-state index in [4.69, 9.17) is 9.47 Å². The molecule has 142 valence electrons. The summed E-state index contributed by atoms with van der Waals surface area (Å²) >= 11 is 3.48. The van der Waals surface area contributed by atoms with Gasteiger partial charge in [-0.05, 0) is 70.9 Å². The lowest BCUT2D eigenvalue weighted by Gasteiger charge is -2.23. The molecule has 1 aliphatic rings. The molecule has 1 atom stereocenters. The molecule has 1 N–H and O–H groups in total. The zero-order chi connectivity index (χ0) is 19.6. The maximum atomic E-state index is 12.8. The number of fused-ring (bicyclic) bond motifs is 1. The van der Waals surface area contributed by atoms with Gasteiger partial charge in [0.05, 0.1) is 24.2 Å². The van der Waals surface area contributed by atoms with E-state index in [2.05, 4.69) is 36.8 Å². The molecule has 0 aliphatic carbocycles. The molecule has 0 fully saturated rings. The predicted octanol–water partition coefficient (Wildman–Crippen LogP) is 3.39. The predicted molar refractivity (Wildman–Crippen MR) is 105 cm³/mol. The lowest BCUT2D eigenvalue weighted by Crippen LogP contribution is -2.25. The molecule has 1 aliphatic heterocycles. The van der Waals surface area contributed by atoms with Crippen molar-refractivity contribution in [2.45, 2.75) is 26.8 Å². The minimum Gasteiger partial charge on any atom is -0.492 e. The molecule has 3 rings (SSSR count). The second kappa shape index (κ2) is 7.91. The molecule has 1 aromatic heterocycles. The fourth-order valence-electron chi connectivity index (χ4n) is 3.01. The summed E-state index contributed by atoms with van der Waals surface area (Å²) in [5.74, 6) is 1.65. The average Bonchev–Trinajstić information content (AvgIpc) is 3.08. The molecule has 0 amide bonds. The van der Waals surface area contributed by atoms with Crippen molar-refractivity contribution in [1.82, 2.24) is 20.2 Å². The van der Waals surface area contributed by atoms with Crippen molar-refractivity contribution in [3.8, 4) is 11.5 Å². The highest BCUT2D eigenvalue weighted by molar-refractivity contribution is 9.10. The Morgan fingerprint density at radius 3 is 2.93 bits per heavy atom. The van der Waals surface area contributed by atoms with Crippen LogP contribution in [0.15, 0.2) is 34.0 Å². The van der Waals surface area contributed by atoms with Gasteiger partial charge in [0.1, 0.15) is 0 Å². The number of ether oxygens (including phenoxy) is 2. The molecule has 0 bridgehead atoms. The number of halogens is 1. The van der Waals surface area contributed by atoms with E-state index < -0.39 is 0 Å². The minimum atomic E-state index is -0.255. The van der Waals surface area contributed by atoms with Gasteiger partial charge in [0, 0.05) is 11.3 Å². The van der Waals surface area contributed by atoms with Crippen LogP contribution in [0.1, 0.15) is 32.4 Å². The second-order valence-electron chi connectivity index (χ2n) is 5.95. The van der Waals surface area contributed by atoms with Crippen LogP contribution in [0, 0.1) is 0 Å². The second-order valence-corrected chi connectivity index (χ2v) is 6.81. The highest BCUT2D eigenvalue weighted by Gasteiger charge is 2.28. The Balaban J connectivity index is 1.87. The molecular weight excluding hydrogens is 414 g/mol. The first-order valence-corrected chi connectivity index (χ1v) is 9.24. The maximum absolute atomic E-state index is 12.8. The number of methoxy groups -OCH3 is 1. The van der Waals surface area contributed by atoms with Crippen molar-refractivity contribution in [2.75, 3.05) is 19.0 Å². The fraction of sp³-hybridized carbons (Fsp3) is 0.333. The minimum absolute atomic E-state index is 0.112. The Labute approximate surface area is 165 Å². The topological polar surface area (TPSA) is 91.2 Å². The molecule has 0 spiro atoms. The fourth-order valence-corrected chi connectivity index (χ4v) is 3.63. The Morgan fingerprint density at radius 2 is 2.22 bits per heavy atom. The first-order valence-electron chi connectivity index (χ1n) is 8.44. The van der Waals surface area contributed by atoms with Gasteiger partial charge in [0.25, 0.3) is 0 Å². The van der Waals surface area contributed by atoms with Gasteiger partial charge >= 0.3 is 0 Å². The molecule has 1 aromatic carbocycles. The van der Waals surface area contributed by atoms with Gasteiger partial charge in [-0.1, -0.05) is 11.2 Å². The number of anilines is 1. The van der Waals surface area contributed by atoms with Crippen molar-refractivity contribution in [1.29, 1.82) is 0 Å². The zero-order valence-corrected chi connectivity index (χ0v) is 17.1. The van der Waals surface area contributed by atoms with Crippen LogP contribution in [0.2, 0.25) is 0 Å². The summed E-state index contributed by atoms with van der Waals surface area (Å²) in [5, 5.41) is 14.5. The number of benzene rings is 1. The van der Waals surface area contributed by atoms with Crippen LogP contribution in [0.4, 0.5) is 5.95 Å². The summed E-state index contributed by atoms with van der Waals surface area (Å²) in [6.07, 6.45) is 3.29. The number of nitrogens with zero attached hydrogens (tertiary/aromatic N) is 4. The number of nitrogens with one attached hydrogen (secondary N) is 1. The SMILES string of the molecule is CCOc1cc(/C=C/C(=O)C2=C(C)Nc3nnnn3C2C)cc(Br)c1OC. The van der Waals surface area contributed by atoms with Crippen LogP contribution in [-0.2, 0) is 4.79 Å². The Morgan fingerprint density at radius 1 is 1.44 bits per heavy atom. The first kappa shape index (κ1) is 19.1. The van der Waals surface area contributed by atoms with E-state index in [9.17, 15) is 4.79 Å². The molecule has 2 aromatic rings. The summed E-state index contributed by atoms with van der Waals surface area (Å²) in [4.78, 5) is 12.8. The molecule has 1 unspecified atom stereocenters. The number of carbonyl (C=O) groups is 1. The van der Waals surface area contributed by atoms with Crippen LogP contribution in [-0.4, -0.2) is 39.7 Å². The molecule has 2 heterocycles. The molecule has 8 nitrogen and oxygen atoms in total. The number of hydrogen-bond donors (Lipinski definition) is 1. The summed E-state index contributed by atoms with van der Waals surface area (Å²) < 4.78 is 13.3. The molecule has 0 radical (unpaired) electrons. The number of carbonyl (C=O) groups excluding carboxylic acids is 1. The van der Waals surface area contributed by atoms with Gasteiger partial charge in [-0.15, -0.1) is 0 Å². The standard InChI is InChI=1S/C18H20BrN5O3/c1-5-27-15-9-12(8-13(19)17(15)26-4)6-7-14(25)16-10(2)20-18-21-22-23-24(18)11(16)3/h6-9,11H,5H2,1-4H3,(H,20,21,23)/b7-6+. The zero-order valence-electron chi connectivity index (χ0n) is 15.5. The van der Waals surface area contributed by atoms with Crippen LogP contribution >= 0.6 is 15.9 Å². The van der Waals surface area contributed by atoms with E-state index in [1.807, 2.05) is 32.9 Å². The summed E-state index contributed by atoms with van der Waals surface area (Å²) in [7, 11) is 1.58. The van der Waals surface area contributed by atoms with Crippen LogP contribution in [0.25, 0.3) is 6.08 Å². The number of allylic oxidation sites excluding steroid dienone is 3. The van der Waals surface area contributed by atoms with Gasteiger partial charge in [-0.3, -0.25) is 4.79 Å². The number of hydrogen-bond acceptors (Lipinski definition) is 7. The van der Waals surface area contributed by atoms with Crippen LogP contribution in [0.3, 0.4) is 0 Å². The summed E-state index contributed by atoms with van der Waals surface area (Å²) in [6, 6.07) is 3.45. The van der Waals surface area contributed by atoms with Crippen molar-refractivity contribution >= 4 is 33.7 Å². The van der Waals surface area contributed by atoms with Crippen molar-refractivity contribution in [2.24, 2.45) is 0 Å². The normalized spacial score (nSPS) is 16.3. The molecule has 0 saturated carbocycles. The summed E-state index contributed by atoms with van der Waals surface area (Å²) in [5.41, 5.74) is 2.17. The van der Waals surface area contributed by atoms with Gasteiger partial charge in [-0.25, -0.2) is 4.68 Å². The number of ketones is 1. The Bertz CT molecular complexity index is 935. The average molecular weight is 434 g/mol. The smallest absolute Gasteiger partial charge is 0.247 e. The van der Waals surface area contributed by atoms with Crippen LogP contribution in [0.5, 0.6) is 11.5 Å². The third-order valence-corrected chi connectivity index (χ3v) is 4.80. The third kappa shape index (κ3) is 3.73. The highest BCUT2D eigenvalue weighted by atomic mass is 79.9. The molecule has 0 saturated heterocycles. The third-order valence-electron chi connectivity index (χ3n) is 4.21. The Hall–Kier alpha value is -2.68. The van der Waals surface area contributed by atoms with Gasteiger partial charge in [-0.2, -0.15) is 0 Å². The molecule has 27 heavy (non-hydrogen) atoms. The van der Waals surface area contributed by atoms with E-state index in [1.165, 1.54) is 6.08 Å². The maximum Gasteiger partial charge on any atom is 0.247 e. The number of tetrazole rings is 1. The lowest BCUT2D eigenvalue weighted by atomic mass is 9.99. The summed E-state index contributed by atoms with van der Waals surface area (Å²) in [6.45, 7) is 6.15. The van der Waals surface area contributed by atoms with Gasteiger partial charge < -0.3 is 14.8 Å². The number of rotatable bonds is 6. The monoisotopic (exact) mass is 433 g/mol. The lowest BCUT2D eigenvalue weighted by molar-refractivity contribution is -0.111. The number of aromatic nitrogens is 4. The first-order chi connectivity index (χ1) is 13.0. The van der Waals surface area contributed by atoms with E-state index in [1.54, 1.807) is 17.9 Å².